The largest absolute Gasteiger partial charge is 0.461 e. The summed E-state index contributed by atoms with van der Waals surface area (Å²) in [7, 11) is 0. The van der Waals surface area contributed by atoms with Crippen LogP contribution in [0.3, 0.4) is 0 Å². The minimum Gasteiger partial charge on any atom is -0.461 e. The number of anilines is 1. The molecule has 0 spiro atoms. The topological polar surface area (TPSA) is 41.5 Å². The van der Waals surface area contributed by atoms with Crippen LogP contribution in [0.15, 0.2) is 30.3 Å². The second-order valence-corrected chi connectivity index (χ2v) is 14.4. The van der Waals surface area contributed by atoms with Crippen LogP contribution in [-0.4, -0.2) is 59.4 Å². The fraction of sp³-hybridized carbons (Fsp3) is 0.459. The van der Waals surface area contributed by atoms with Crippen molar-refractivity contribution in [2.24, 2.45) is 11.3 Å². The number of hydrogen-bond donors (Lipinski definition) is 0. The normalized spacial score (nSPS) is 27.5. The van der Waals surface area contributed by atoms with E-state index in [-0.39, 0.29) is 56.4 Å². The van der Waals surface area contributed by atoms with Crippen LogP contribution >= 0.6 is 0 Å². The molecule has 1 aliphatic carbocycles. The summed E-state index contributed by atoms with van der Waals surface area (Å²) in [5, 5.41) is 0.706. The molecule has 4 aromatic rings. The van der Waals surface area contributed by atoms with Crippen molar-refractivity contribution in [2.45, 2.75) is 64.1 Å². The molecule has 1 saturated carbocycles. The lowest BCUT2D eigenvalue weighted by Crippen LogP contribution is -2.44. The van der Waals surface area contributed by atoms with Crippen molar-refractivity contribution in [2.75, 3.05) is 37.7 Å². The maximum atomic E-state index is 17.0. The predicted molar refractivity (Wildman–Crippen MR) is 171 cm³/mol. The van der Waals surface area contributed by atoms with E-state index < -0.39 is 29.2 Å². The van der Waals surface area contributed by atoms with Gasteiger partial charge in [-0.25, -0.2) is 17.6 Å². The minimum atomic E-state index is -0.925. The zero-order chi connectivity index (χ0) is 32.0. The molecule has 46 heavy (non-hydrogen) atoms. The zero-order valence-electron chi connectivity index (χ0n) is 26.1. The van der Waals surface area contributed by atoms with Crippen molar-refractivity contribution in [3.05, 3.63) is 58.9 Å². The van der Waals surface area contributed by atoms with Gasteiger partial charge in [0.15, 0.2) is 5.82 Å². The van der Waals surface area contributed by atoms with Crippen LogP contribution in [0.2, 0.25) is 0 Å². The number of ether oxygens (including phenoxy) is 1. The van der Waals surface area contributed by atoms with E-state index in [2.05, 4.69) is 27.6 Å². The van der Waals surface area contributed by atoms with Crippen LogP contribution < -0.4 is 9.64 Å². The van der Waals surface area contributed by atoms with Gasteiger partial charge in [0.2, 0.25) is 0 Å². The summed E-state index contributed by atoms with van der Waals surface area (Å²) in [5.41, 5.74) is -0.0489. The molecule has 0 radical (unpaired) electrons. The molecule has 0 N–H and O–H groups in total. The standard InChI is InChI=1S/C37H36F4N4O/c1-4-23-7-5-8-25-29(23)26(13-21(2)31(25)40)30-28(39)14-27-33(32(30)41)42-35(46-20-37-10-6-12-45(37)18-24(38)16-37)43-34(27)44-17-22-9-11-36(3,15-22)19-44/h1,5,7-8,13-14,22,24H,6,9-12,15-20H2,2-3H3/t22-,24+,36-,37?/m0/s1. The first kappa shape index (κ1) is 29.5. The Kier molecular flexibility index (Phi) is 6.77. The van der Waals surface area contributed by atoms with Crippen molar-refractivity contribution in [3.63, 3.8) is 0 Å². The third kappa shape index (κ3) is 4.55. The molecule has 2 bridgehead atoms. The molecule has 4 aliphatic rings. The van der Waals surface area contributed by atoms with Crippen LogP contribution in [0, 0.1) is 48.1 Å². The van der Waals surface area contributed by atoms with Crippen LogP contribution in [-0.2, 0) is 0 Å². The van der Waals surface area contributed by atoms with Crippen molar-refractivity contribution in [1.29, 1.82) is 0 Å². The average Bonchev–Trinajstić information content (AvgIpc) is 3.65. The molecule has 8 rings (SSSR count). The van der Waals surface area contributed by atoms with Gasteiger partial charge in [-0.1, -0.05) is 25.0 Å². The third-order valence-electron chi connectivity index (χ3n) is 11.1. The lowest BCUT2D eigenvalue weighted by molar-refractivity contribution is 0.107. The van der Waals surface area contributed by atoms with Crippen LogP contribution in [0.1, 0.15) is 56.6 Å². The second-order valence-electron chi connectivity index (χ2n) is 14.4. The van der Waals surface area contributed by atoms with Crippen molar-refractivity contribution in [3.8, 4) is 29.5 Å². The van der Waals surface area contributed by atoms with Crippen molar-refractivity contribution in [1.82, 2.24) is 14.9 Å². The smallest absolute Gasteiger partial charge is 0.319 e. The zero-order valence-corrected chi connectivity index (χ0v) is 26.1. The highest BCUT2D eigenvalue weighted by Crippen LogP contribution is 2.48. The Labute approximate surface area is 265 Å². The number of hydrogen-bond acceptors (Lipinski definition) is 5. The summed E-state index contributed by atoms with van der Waals surface area (Å²) in [6.07, 6.45) is 10.3. The average molecular weight is 629 g/mol. The van der Waals surface area contributed by atoms with Crippen LogP contribution in [0.25, 0.3) is 32.8 Å². The number of halogens is 4. The molecular formula is C37H36F4N4O. The molecule has 1 aromatic heterocycles. The highest BCUT2D eigenvalue weighted by Gasteiger charge is 2.49. The van der Waals surface area contributed by atoms with E-state index in [1.54, 1.807) is 25.1 Å². The van der Waals surface area contributed by atoms with Crippen molar-refractivity contribution >= 4 is 27.5 Å². The van der Waals surface area contributed by atoms with Gasteiger partial charge >= 0.3 is 6.01 Å². The van der Waals surface area contributed by atoms with Crippen LogP contribution in [0.4, 0.5) is 23.4 Å². The summed E-state index contributed by atoms with van der Waals surface area (Å²) >= 11 is 0. The van der Waals surface area contributed by atoms with E-state index in [1.807, 2.05) is 0 Å². The van der Waals surface area contributed by atoms with Gasteiger partial charge < -0.3 is 9.64 Å². The quantitative estimate of drug-likeness (QED) is 0.167. The number of piperidine rings is 1. The predicted octanol–water partition coefficient (Wildman–Crippen LogP) is 7.74. The summed E-state index contributed by atoms with van der Waals surface area (Å²) in [5.74, 6) is 1.25. The summed E-state index contributed by atoms with van der Waals surface area (Å²) in [6, 6.07) is 7.54. The van der Waals surface area contributed by atoms with E-state index in [1.165, 1.54) is 12.1 Å². The van der Waals surface area contributed by atoms with Gasteiger partial charge in [0.05, 0.1) is 11.1 Å². The lowest BCUT2D eigenvalue weighted by Gasteiger charge is -2.39. The molecule has 238 valence electrons. The first-order chi connectivity index (χ1) is 22.1. The lowest BCUT2D eigenvalue weighted by atomic mass is 9.84. The number of alkyl halides is 1. The maximum Gasteiger partial charge on any atom is 0.319 e. The van der Waals surface area contributed by atoms with Gasteiger partial charge in [-0.15, -0.1) is 6.42 Å². The Morgan fingerprint density at radius 3 is 2.72 bits per heavy atom. The Balaban J connectivity index is 1.31. The minimum absolute atomic E-state index is 0.0185. The first-order valence-corrected chi connectivity index (χ1v) is 16.2. The molecular weight excluding hydrogens is 592 g/mol. The van der Waals surface area contributed by atoms with E-state index in [4.69, 9.17) is 16.1 Å². The Hall–Kier alpha value is -3.90. The fourth-order valence-electron chi connectivity index (χ4n) is 9.02. The summed E-state index contributed by atoms with van der Waals surface area (Å²) in [6.45, 7) is 6.61. The first-order valence-electron chi connectivity index (χ1n) is 16.2. The van der Waals surface area contributed by atoms with Gasteiger partial charge in [0, 0.05) is 47.8 Å². The number of fused-ring (bicyclic) bond motifs is 5. The molecule has 3 aromatic carbocycles. The molecule has 4 atom stereocenters. The SMILES string of the molecule is C#Cc1cccc2c(F)c(C)cc(-c3c(F)cc4c(N5C[C@H]6CC[C@@](C)(C6)C5)nc(OCC56CCCN5C[C@H](F)C6)nc4c3F)c12. The number of nitrogens with zero attached hydrogens (tertiary/aromatic N) is 4. The highest BCUT2D eigenvalue weighted by molar-refractivity contribution is 6.04. The highest BCUT2D eigenvalue weighted by atomic mass is 19.1. The second kappa shape index (κ2) is 10.6. The summed E-state index contributed by atoms with van der Waals surface area (Å²) in [4.78, 5) is 13.6. The molecule has 4 heterocycles. The molecule has 3 aliphatic heterocycles. The molecule has 1 unspecified atom stereocenters. The number of aromatic nitrogens is 2. The van der Waals surface area contributed by atoms with E-state index in [9.17, 15) is 4.39 Å². The Bertz CT molecular complexity index is 1960. The van der Waals surface area contributed by atoms with Gasteiger partial charge in [-0.3, -0.25) is 4.90 Å². The van der Waals surface area contributed by atoms with Gasteiger partial charge in [0.25, 0.3) is 0 Å². The van der Waals surface area contributed by atoms with Crippen molar-refractivity contribution < 1.29 is 22.3 Å². The number of benzene rings is 3. The van der Waals surface area contributed by atoms with E-state index >= 15 is 13.2 Å². The summed E-state index contributed by atoms with van der Waals surface area (Å²) < 4.78 is 69.4. The molecule has 4 fully saturated rings. The fourth-order valence-corrected chi connectivity index (χ4v) is 9.02. The molecule has 0 amide bonds. The van der Waals surface area contributed by atoms with Crippen LogP contribution in [0.5, 0.6) is 6.01 Å². The Morgan fingerprint density at radius 1 is 1.07 bits per heavy atom. The number of aryl methyl sites for hydroxylation is 1. The monoisotopic (exact) mass is 628 g/mol. The number of terminal acetylenes is 1. The van der Waals surface area contributed by atoms with Gasteiger partial charge in [-0.2, -0.15) is 9.97 Å². The van der Waals surface area contributed by atoms with Gasteiger partial charge in [-0.05, 0) is 86.2 Å². The maximum absolute atomic E-state index is 17.0. The molecule has 3 saturated heterocycles. The molecule has 5 nitrogen and oxygen atoms in total. The van der Waals surface area contributed by atoms with Gasteiger partial charge in [0.1, 0.15) is 35.7 Å². The van der Waals surface area contributed by atoms with E-state index in [0.717, 1.165) is 45.2 Å². The third-order valence-corrected chi connectivity index (χ3v) is 11.1. The molecule has 9 heteroatoms. The number of rotatable bonds is 5. The van der Waals surface area contributed by atoms with E-state index in [0.29, 0.717) is 36.8 Å². The Morgan fingerprint density at radius 2 is 1.91 bits per heavy atom.